The van der Waals surface area contributed by atoms with Gasteiger partial charge in [0, 0.05) is 21.9 Å². The van der Waals surface area contributed by atoms with E-state index in [1.54, 1.807) is 12.1 Å². The van der Waals surface area contributed by atoms with Gasteiger partial charge >= 0.3 is 0 Å². The Labute approximate surface area is 193 Å². The van der Waals surface area contributed by atoms with Crippen molar-refractivity contribution in [1.29, 1.82) is 0 Å². The fraction of sp³-hybridized carbons (Fsp3) is 0.261. The number of amides is 2. The molecule has 0 bridgehead atoms. The van der Waals surface area contributed by atoms with Crippen molar-refractivity contribution in [3.63, 3.8) is 0 Å². The summed E-state index contributed by atoms with van der Waals surface area (Å²) in [5, 5.41) is 5.59. The fourth-order valence-electron chi connectivity index (χ4n) is 3.26. The molecule has 0 saturated heterocycles. The van der Waals surface area contributed by atoms with Gasteiger partial charge in [0.05, 0.1) is 11.3 Å². The Morgan fingerprint density at radius 1 is 1.13 bits per heavy atom. The number of rotatable bonds is 5. The summed E-state index contributed by atoms with van der Waals surface area (Å²) in [6.45, 7) is 3.99. The van der Waals surface area contributed by atoms with Gasteiger partial charge in [-0.15, -0.1) is 0 Å². The molecule has 1 aliphatic carbocycles. The summed E-state index contributed by atoms with van der Waals surface area (Å²) < 4.78 is 0.919. The number of nitrogens with zero attached hydrogens (tertiary/aromatic N) is 1. The number of hydrogen-bond donors (Lipinski definition) is 3. The predicted molar refractivity (Wildman–Crippen MR) is 130 cm³/mol. The minimum Gasteiger partial charge on any atom is -0.400 e. The van der Waals surface area contributed by atoms with E-state index in [0.29, 0.717) is 16.3 Å². The van der Waals surface area contributed by atoms with Gasteiger partial charge in [0.2, 0.25) is 5.91 Å². The van der Waals surface area contributed by atoms with Crippen LogP contribution in [0.2, 0.25) is 0 Å². The zero-order chi connectivity index (χ0) is 22.1. The van der Waals surface area contributed by atoms with Crippen molar-refractivity contribution in [2.75, 3.05) is 5.32 Å². The number of nitrogens with one attached hydrogen (secondary N) is 2. The Morgan fingerprint density at radius 3 is 2.48 bits per heavy atom. The molecule has 6 nitrogen and oxygen atoms in total. The number of anilines is 1. The molecule has 0 spiro atoms. The first-order valence-corrected chi connectivity index (χ1v) is 11.7. The van der Waals surface area contributed by atoms with Gasteiger partial charge < -0.3 is 16.4 Å². The smallest absolute Gasteiger partial charge is 0.256 e. The Bertz CT molecular complexity index is 1110. The summed E-state index contributed by atoms with van der Waals surface area (Å²) in [5.74, 6) is -0.553. The minimum absolute atomic E-state index is 0.177. The first kappa shape index (κ1) is 21.6. The maximum absolute atomic E-state index is 13.0. The summed E-state index contributed by atoms with van der Waals surface area (Å²) in [6, 6.07) is 13.4. The van der Waals surface area contributed by atoms with Crippen molar-refractivity contribution in [2.24, 2.45) is 10.7 Å². The van der Waals surface area contributed by atoms with Crippen LogP contribution in [-0.2, 0) is 9.59 Å². The molecule has 2 amide bonds. The van der Waals surface area contributed by atoms with Crippen LogP contribution in [0.15, 0.2) is 63.2 Å². The van der Waals surface area contributed by atoms with E-state index in [1.807, 2.05) is 44.2 Å². The van der Waals surface area contributed by atoms with E-state index in [4.69, 9.17) is 10.7 Å². The first-order valence-electron chi connectivity index (χ1n) is 10.0. The third-order valence-corrected chi connectivity index (χ3v) is 6.83. The van der Waals surface area contributed by atoms with Gasteiger partial charge in [-0.1, -0.05) is 45.4 Å². The molecule has 1 fully saturated rings. The molecule has 1 atom stereocenters. The molecule has 31 heavy (non-hydrogen) atoms. The van der Waals surface area contributed by atoms with E-state index in [0.717, 1.165) is 34.1 Å². The summed E-state index contributed by atoms with van der Waals surface area (Å²) >= 11 is 4.59. The lowest BCUT2D eigenvalue weighted by Crippen LogP contribution is -2.32. The van der Waals surface area contributed by atoms with Crippen molar-refractivity contribution in [3.8, 4) is 0 Å². The number of aryl methyl sites for hydroxylation is 2. The van der Waals surface area contributed by atoms with Crippen LogP contribution < -0.4 is 16.4 Å². The van der Waals surface area contributed by atoms with Crippen molar-refractivity contribution in [1.82, 2.24) is 5.32 Å². The molecule has 4 rings (SSSR count). The highest BCUT2D eigenvalue weighted by Gasteiger charge is 2.39. The van der Waals surface area contributed by atoms with Crippen LogP contribution in [0, 0.1) is 13.8 Å². The molecule has 2 aliphatic rings. The third-order valence-electron chi connectivity index (χ3n) is 5.08. The molecule has 1 heterocycles. The van der Waals surface area contributed by atoms with E-state index < -0.39 is 5.25 Å². The quantitative estimate of drug-likeness (QED) is 0.570. The molecular formula is C23H23BrN4O2S. The van der Waals surface area contributed by atoms with E-state index in [2.05, 4.69) is 26.6 Å². The molecule has 0 aromatic heterocycles. The van der Waals surface area contributed by atoms with Crippen LogP contribution in [-0.4, -0.2) is 28.1 Å². The zero-order valence-electron chi connectivity index (χ0n) is 17.2. The molecule has 160 valence electrons. The van der Waals surface area contributed by atoms with Crippen molar-refractivity contribution >= 4 is 55.9 Å². The molecule has 1 unspecified atom stereocenters. The highest BCUT2D eigenvalue weighted by Crippen LogP contribution is 2.36. The molecule has 1 aliphatic heterocycles. The minimum atomic E-state index is -0.729. The summed E-state index contributed by atoms with van der Waals surface area (Å²) in [5.41, 5.74) is 10.4. The highest BCUT2D eigenvalue weighted by atomic mass is 79.9. The third kappa shape index (κ3) is 5.02. The largest absolute Gasteiger partial charge is 0.400 e. The number of nitrogens with two attached hydrogens (primary N) is 1. The number of hydrogen-bond acceptors (Lipinski definition) is 5. The van der Waals surface area contributed by atoms with Crippen LogP contribution in [0.25, 0.3) is 0 Å². The zero-order valence-corrected chi connectivity index (χ0v) is 19.6. The Balaban J connectivity index is 1.64. The number of carbonyl (C=O) groups is 2. The summed E-state index contributed by atoms with van der Waals surface area (Å²) in [4.78, 5) is 30.6. The number of thioether (sulfide) groups is 1. The number of carbonyl (C=O) groups excluding carboxylic acids is 2. The molecule has 2 aromatic rings. The topological polar surface area (TPSA) is 96.6 Å². The Morgan fingerprint density at radius 2 is 1.84 bits per heavy atom. The molecule has 2 aromatic carbocycles. The highest BCUT2D eigenvalue weighted by molar-refractivity contribution is 9.10. The molecule has 1 saturated carbocycles. The average molecular weight is 499 g/mol. The van der Waals surface area contributed by atoms with E-state index >= 15 is 0 Å². The van der Waals surface area contributed by atoms with Gasteiger partial charge in [0.1, 0.15) is 10.3 Å². The Kier molecular flexibility index (Phi) is 6.20. The molecule has 8 heteroatoms. The fourth-order valence-corrected chi connectivity index (χ4v) is 4.64. The summed E-state index contributed by atoms with van der Waals surface area (Å²) in [7, 11) is 0. The average Bonchev–Trinajstić information content (AvgIpc) is 3.47. The van der Waals surface area contributed by atoms with Gasteiger partial charge in [-0.3, -0.25) is 9.59 Å². The molecular weight excluding hydrogens is 476 g/mol. The van der Waals surface area contributed by atoms with Crippen molar-refractivity contribution < 1.29 is 9.59 Å². The second kappa shape index (κ2) is 8.88. The maximum Gasteiger partial charge on any atom is 0.256 e. The van der Waals surface area contributed by atoms with Gasteiger partial charge in [-0.05, 0) is 62.6 Å². The lowest BCUT2D eigenvalue weighted by Gasteiger charge is -2.11. The van der Waals surface area contributed by atoms with Crippen molar-refractivity contribution in [2.45, 2.75) is 38.0 Å². The van der Waals surface area contributed by atoms with Crippen LogP contribution >= 0.6 is 27.7 Å². The van der Waals surface area contributed by atoms with E-state index in [-0.39, 0.29) is 23.6 Å². The second-order valence-electron chi connectivity index (χ2n) is 7.78. The van der Waals surface area contributed by atoms with Crippen LogP contribution in [0.1, 0.15) is 24.0 Å². The SMILES string of the molecule is Cc1ccc(N=C2SC(C(=O)Nc3ccc(Br)cc3)C(N)=C2C(=O)NC2CC2)c(C)c1. The maximum atomic E-state index is 13.0. The van der Waals surface area contributed by atoms with Crippen molar-refractivity contribution in [3.05, 3.63) is 69.3 Å². The van der Waals surface area contributed by atoms with Crippen LogP contribution in [0.4, 0.5) is 11.4 Å². The van der Waals surface area contributed by atoms with Gasteiger partial charge in [-0.25, -0.2) is 4.99 Å². The van der Waals surface area contributed by atoms with Gasteiger partial charge in [-0.2, -0.15) is 0 Å². The standard InChI is InChI=1S/C23H23BrN4O2S/c1-12-3-10-17(13(2)11-12)28-23-18(21(29)26-16-8-9-16)19(25)20(31-23)22(30)27-15-6-4-14(24)5-7-15/h3-7,10-11,16,20H,8-9,25H2,1-2H3,(H,26,29)(H,27,30). The van der Waals surface area contributed by atoms with Crippen LogP contribution in [0.3, 0.4) is 0 Å². The molecule has 0 radical (unpaired) electrons. The monoisotopic (exact) mass is 498 g/mol. The van der Waals surface area contributed by atoms with E-state index in [1.165, 1.54) is 11.8 Å². The van der Waals surface area contributed by atoms with Crippen LogP contribution in [0.5, 0.6) is 0 Å². The lowest BCUT2D eigenvalue weighted by molar-refractivity contribution is -0.117. The number of benzene rings is 2. The van der Waals surface area contributed by atoms with Gasteiger partial charge in [0.25, 0.3) is 5.91 Å². The second-order valence-corrected chi connectivity index (χ2v) is 9.79. The number of halogens is 1. The first-order chi connectivity index (χ1) is 14.8. The predicted octanol–water partition coefficient (Wildman–Crippen LogP) is 4.34. The number of aliphatic imine (C=N–C) groups is 1. The van der Waals surface area contributed by atoms with Gasteiger partial charge in [0.15, 0.2) is 0 Å². The Hall–Kier alpha value is -2.58. The van der Waals surface area contributed by atoms with E-state index in [9.17, 15) is 9.59 Å². The normalized spacial score (nSPS) is 19.6. The lowest BCUT2D eigenvalue weighted by atomic mass is 10.1. The summed E-state index contributed by atoms with van der Waals surface area (Å²) in [6.07, 6.45) is 1.92. The molecule has 4 N–H and O–H groups in total.